The van der Waals surface area contributed by atoms with Gasteiger partial charge in [-0.2, -0.15) is 13.2 Å². The number of ether oxygens (including phenoxy) is 1. The Morgan fingerprint density at radius 2 is 1.75 bits per heavy atom. The summed E-state index contributed by atoms with van der Waals surface area (Å²) in [5.74, 6) is 0.349. The van der Waals surface area contributed by atoms with E-state index in [1.807, 2.05) is 31.2 Å². The maximum atomic E-state index is 13.1. The Morgan fingerprint density at radius 1 is 1.11 bits per heavy atom. The zero-order valence-corrected chi connectivity index (χ0v) is 15.8. The molecule has 0 aliphatic rings. The summed E-state index contributed by atoms with van der Waals surface area (Å²) >= 11 is 5.61. The summed E-state index contributed by atoms with van der Waals surface area (Å²) in [4.78, 5) is 21.7. The first-order valence-electron chi connectivity index (χ1n) is 8.12. The lowest BCUT2D eigenvalue weighted by molar-refractivity contribution is -0.142. The van der Waals surface area contributed by atoms with Gasteiger partial charge in [-0.15, -0.1) is 0 Å². The monoisotopic (exact) mass is 411 g/mol. The number of carbonyl (C=O) groups is 2. The van der Waals surface area contributed by atoms with Gasteiger partial charge in [0, 0.05) is 16.8 Å². The first kappa shape index (κ1) is 21.5. The highest BCUT2D eigenvalue weighted by Crippen LogP contribution is 2.38. The molecule has 0 amide bonds. The van der Waals surface area contributed by atoms with Gasteiger partial charge >= 0.3 is 6.18 Å². The molecule has 2 aromatic carbocycles. The first-order valence-corrected chi connectivity index (χ1v) is 8.49. The maximum Gasteiger partial charge on any atom is 0.432 e. The minimum atomic E-state index is -4.73. The molecule has 148 valence electrons. The highest BCUT2D eigenvalue weighted by Gasteiger charge is 2.39. The topological polar surface area (TPSA) is 48.3 Å². The van der Waals surface area contributed by atoms with Crippen LogP contribution in [0.3, 0.4) is 0 Å². The van der Waals surface area contributed by atoms with Crippen molar-refractivity contribution in [3.05, 3.63) is 64.3 Å². The van der Waals surface area contributed by atoms with Gasteiger partial charge in [0.1, 0.15) is 17.7 Å². The summed E-state index contributed by atoms with van der Waals surface area (Å²) in [6, 6.07) is 11.9. The number of fused-ring (bicyclic) bond motifs is 1. The fourth-order valence-electron chi connectivity index (χ4n) is 2.73. The molecule has 0 fully saturated rings. The van der Waals surface area contributed by atoms with Crippen LogP contribution >= 0.6 is 11.6 Å². The third-order valence-electron chi connectivity index (χ3n) is 3.99. The minimum absolute atomic E-state index is 0.0879. The molecule has 0 radical (unpaired) electrons. The van der Waals surface area contributed by atoms with Crippen molar-refractivity contribution in [1.29, 1.82) is 0 Å². The van der Waals surface area contributed by atoms with Gasteiger partial charge < -0.3 is 9.53 Å². The molecular weight excluding hydrogens is 395 g/mol. The fourth-order valence-corrected chi connectivity index (χ4v) is 2.85. The van der Waals surface area contributed by atoms with E-state index >= 15 is 0 Å². The van der Waals surface area contributed by atoms with Gasteiger partial charge in [0.05, 0.1) is 12.6 Å². The zero-order chi connectivity index (χ0) is 20.9. The second-order valence-electron chi connectivity index (χ2n) is 5.85. The lowest BCUT2D eigenvalue weighted by atomic mass is 10.1. The van der Waals surface area contributed by atoms with Crippen molar-refractivity contribution >= 4 is 35.2 Å². The summed E-state index contributed by atoms with van der Waals surface area (Å²) in [6.45, 7) is 2.04. The number of rotatable bonds is 4. The number of halogens is 4. The van der Waals surface area contributed by atoms with Gasteiger partial charge in [0.2, 0.25) is 6.41 Å². The fraction of sp³-hybridized carbons (Fsp3) is 0.200. The molecule has 0 saturated carbocycles. The van der Waals surface area contributed by atoms with E-state index in [-0.39, 0.29) is 22.9 Å². The van der Waals surface area contributed by atoms with Crippen LogP contribution in [0.25, 0.3) is 10.9 Å². The van der Waals surface area contributed by atoms with Crippen LogP contribution in [0.4, 0.5) is 13.2 Å². The highest BCUT2D eigenvalue weighted by molar-refractivity contribution is 6.30. The number of carbonyl (C=O) groups excluding carboxylic acids is 2. The van der Waals surface area contributed by atoms with Crippen molar-refractivity contribution in [3.8, 4) is 5.75 Å². The van der Waals surface area contributed by atoms with Crippen molar-refractivity contribution < 1.29 is 27.5 Å². The number of methoxy groups -OCH3 is 1. The van der Waals surface area contributed by atoms with Crippen LogP contribution in [-0.4, -0.2) is 24.4 Å². The van der Waals surface area contributed by atoms with Crippen LogP contribution in [0.2, 0.25) is 5.02 Å². The lowest BCUT2D eigenvalue weighted by Gasteiger charge is -2.09. The molecule has 0 spiro atoms. The average Bonchev–Trinajstić information content (AvgIpc) is 2.98. The van der Waals surface area contributed by atoms with Crippen molar-refractivity contribution in [1.82, 2.24) is 4.57 Å². The van der Waals surface area contributed by atoms with Gasteiger partial charge in [0.15, 0.2) is 0 Å². The maximum absolute atomic E-state index is 13.1. The number of hydrogen-bond donors (Lipinski definition) is 0. The van der Waals surface area contributed by atoms with E-state index in [1.165, 1.54) is 30.9 Å². The van der Waals surface area contributed by atoms with Gasteiger partial charge in [-0.1, -0.05) is 29.3 Å². The van der Waals surface area contributed by atoms with Gasteiger partial charge in [-0.25, -0.2) is 0 Å². The van der Waals surface area contributed by atoms with Gasteiger partial charge in [-0.3, -0.25) is 9.36 Å². The smallest absolute Gasteiger partial charge is 0.432 e. The molecule has 1 heterocycles. The summed E-state index contributed by atoms with van der Waals surface area (Å²) in [5, 5.41) is 0.978. The molecule has 0 aliphatic carbocycles. The largest absolute Gasteiger partial charge is 0.497 e. The Bertz CT molecular complexity index is 958. The van der Waals surface area contributed by atoms with E-state index in [4.69, 9.17) is 16.3 Å². The summed E-state index contributed by atoms with van der Waals surface area (Å²) < 4.78 is 44.8. The Morgan fingerprint density at radius 3 is 2.21 bits per heavy atom. The van der Waals surface area contributed by atoms with Crippen LogP contribution in [0.1, 0.15) is 16.8 Å². The minimum Gasteiger partial charge on any atom is -0.497 e. The van der Waals surface area contributed by atoms with Gasteiger partial charge in [0.25, 0.3) is 0 Å². The van der Waals surface area contributed by atoms with Crippen LogP contribution in [0, 0.1) is 6.92 Å². The number of hydrogen-bond acceptors (Lipinski definition) is 3. The molecule has 0 unspecified atom stereocenters. The molecular formula is C20H17ClF3NO3. The molecule has 0 saturated heterocycles. The predicted molar refractivity (Wildman–Crippen MR) is 102 cm³/mol. The number of aldehydes is 1. The second-order valence-corrected chi connectivity index (χ2v) is 6.29. The standard InChI is InChI=1S/C13H10F3NO3.C7H7Cl/c1-20-8-2-3-11-10(6-8)9(4-5-18)12(13(14,15)16)17(11)7-19;1-6-2-4-7(8)5-3-6/h2-3,5-7H,4H2,1H3;2-5H,1H3. The van der Waals surface area contributed by atoms with Crippen LogP contribution in [0.5, 0.6) is 5.75 Å². The number of aromatic nitrogens is 1. The summed E-state index contributed by atoms with van der Waals surface area (Å²) in [7, 11) is 1.38. The molecule has 3 aromatic rings. The second kappa shape index (κ2) is 8.93. The molecule has 28 heavy (non-hydrogen) atoms. The molecule has 8 heteroatoms. The molecule has 0 N–H and O–H groups in total. The van der Waals surface area contributed by atoms with E-state index in [2.05, 4.69) is 0 Å². The Labute approximate surface area is 164 Å². The number of nitrogens with zero attached hydrogens (tertiary/aromatic N) is 1. The average molecular weight is 412 g/mol. The quantitative estimate of drug-likeness (QED) is 0.561. The Kier molecular flexibility index (Phi) is 6.85. The Balaban J connectivity index is 0.000000292. The van der Waals surface area contributed by atoms with Crippen molar-refractivity contribution in [2.75, 3.05) is 7.11 Å². The van der Waals surface area contributed by atoms with Crippen LogP contribution in [-0.2, 0) is 22.2 Å². The molecule has 4 nitrogen and oxygen atoms in total. The Hall–Kier alpha value is -2.80. The molecule has 0 atom stereocenters. The van der Waals surface area contributed by atoms with E-state index in [1.54, 1.807) is 0 Å². The zero-order valence-electron chi connectivity index (χ0n) is 15.1. The number of alkyl halides is 3. The van der Waals surface area contributed by atoms with E-state index in [0.29, 0.717) is 16.6 Å². The van der Waals surface area contributed by atoms with E-state index in [9.17, 15) is 22.8 Å². The van der Waals surface area contributed by atoms with Crippen molar-refractivity contribution in [3.63, 3.8) is 0 Å². The van der Waals surface area contributed by atoms with Crippen molar-refractivity contribution in [2.24, 2.45) is 0 Å². The molecule has 0 bridgehead atoms. The first-order chi connectivity index (χ1) is 13.2. The lowest BCUT2D eigenvalue weighted by Crippen LogP contribution is -2.15. The third-order valence-corrected chi connectivity index (χ3v) is 4.24. The molecule has 3 rings (SSSR count). The number of benzene rings is 2. The van der Waals surface area contributed by atoms with Crippen LogP contribution < -0.4 is 4.74 Å². The molecule has 0 aliphatic heterocycles. The van der Waals surface area contributed by atoms with E-state index in [0.717, 1.165) is 5.02 Å². The highest BCUT2D eigenvalue weighted by atomic mass is 35.5. The van der Waals surface area contributed by atoms with E-state index < -0.39 is 18.3 Å². The third kappa shape index (κ3) is 4.72. The van der Waals surface area contributed by atoms with Gasteiger partial charge in [-0.05, 0) is 42.8 Å². The summed E-state index contributed by atoms with van der Waals surface area (Å²) in [5.41, 5.74) is -0.0178. The normalized spacial score (nSPS) is 10.9. The SMILES string of the molecule is COc1ccc2c(c1)c(CC=O)c(C(F)(F)F)n2C=O.Cc1ccc(Cl)cc1. The summed E-state index contributed by atoms with van der Waals surface area (Å²) in [6.07, 6.45) is -4.70. The predicted octanol–water partition coefficient (Wildman–Crippen LogP) is 5.10. The molecule has 1 aromatic heterocycles. The number of aryl methyl sites for hydroxylation is 1. The van der Waals surface area contributed by atoms with Crippen molar-refractivity contribution in [2.45, 2.75) is 19.5 Å². The van der Waals surface area contributed by atoms with Crippen LogP contribution in [0.15, 0.2) is 42.5 Å².